The molecule has 0 saturated carbocycles. The average Bonchev–Trinajstić information content (AvgIpc) is 2.74. The second-order valence-electron chi connectivity index (χ2n) is 5.95. The van der Waals surface area contributed by atoms with E-state index in [0.717, 1.165) is 52.0 Å². The van der Waals surface area contributed by atoms with Crippen molar-refractivity contribution < 1.29 is 4.79 Å². The Kier molecular flexibility index (Phi) is 6.74. The van der Waals surface area contributed by atoms with Crippen molar-refractivity contribution in [1.29, 1.82) is 0 Å². The van der Waals surface area contributed by atoms with E-state index in [4.69, 9.17) is 0 Å². The maximum atomic E-state index is 12.2. The topological polar surface area (TPSA) is 23.6 Å². The van der Waals surface area contributed by atoms with E-state index < -0.39 is 0 Å². The van der Waals surface area contributed by atoms with Crippen LogP contribution in [0.3, 0.4) is 0 Å². The number of hydrogen-bond acceptors (Lipinski definition) is 2. The van der Waals surface area contributed by atoms with Crippen LogP contribution in [0.25, 0.3) is 0 Å². The fourth-order valence-corrected chi connectivity index (χ4v) is 2.90. The van der Waals surface area contributed by atoms with E-state index in [1.807, 2.05) is 0 Å². The largest absolute Gasteiger partial charge is 0.341 e. The first-order chi connectivity index (χ1) is 10.3. The van der Waals surface area contributed by atoms with Crippen molar-refractivity contribution in [3.05, 3.63) is 35.9 Å². The Morgan fingerprint density at radius 3 is 2.62 bits per heavy atom. The third-order valence-corrected chi connectivity index (χ3v) is 4.18. The molecule has 0 bridgehead atoms. The molecule has 1 amide bonds. The minimum absolute atomic E-state index is 0.352. The second kappa shape index (κ2) is 8.83. The minimum Gasteiger partial charge on any atom is -0.341 e. The van der Waals surface area contributed by atoms with Crippen molar-refractivity contribution in [2.75, 3.05) is 26.2 Å². The van der Waals surface area contributed by atoms with E-state index in [0.29, 0.717) is 5.91 Å². The van der Waals surface area contributed by atoms with Crippen LogP contribution < -0.4 is 0 Å². The lowest BCUT2D eigenvalue weighted by molar-refractivity contribution is -0.131. The first-order valence-corrected chi connectivity index (χ1v) is 8.33. The van der Waals surface area contributed by atoms with Gasteiger partial charge in [0.15, 0.2) is 0 Å². The molecule has 0 radical (unpaired) electrons. The molecule has 1 aliphatic heterocycles. The minimum atomic E-state index is 0.352. The summed E-state index contributed by atoms with van der Waals surface area (Å²) < 4.78 is 0. The Labute approximate surface area is 128 Å². The highest BCUT2D eigenvalue weighted by Gasteiger charge is 2.18. The molecule has 3 heteroatoms. The maximum Gasteiger partial charge on any atom is 0.222 e. The summed E-state index contributed by atoms with van der Waals surface area (Å²) in [4.78, 5) is 16.7. The van der Waals surface area contributed by atoms with Crippen molar-refractivity contribution in [3.8, 4) is 0 Å². The fourth-order valence-electron chi connectivity index (χ4n) is 2.90. The average molecular weight is 288 g/mol. The summed E-state index contributed by atoms with van der Waals surface area (Å²) in [6, 6.07) is 10.6. The zero-order chi connectivity index (χ0) is 14.9. The molecular weight excluding hydrogens is 260 g/mol. The summed E-state index contributed by atoms with van der Waals surface area (Å²) in [5.74, 6) is 0.352. The van der Waals surface area contributed by atoms with Crippen LogP contribution in [0.2, 0.25) is 0 Å². The second-order valence-corrected chi connectivity index (χ2v) is 5.95. The van der Waals surface area contributed by atoms with Crippen LogP contribution in [0, 0.1) is 0 Å². The van der Waals surface area contributed by atoms with Gasteiger partial charge in [-0.3, -0.25) is 9.69 Å². The summed E-state index contributed by atoms with van der Waals surface area (Å²) in [5, 5.41) is 0. The first-order valence-electron chi connectivity index (χ1n) is 8.33. The van der Waals surface area contributed by atoms with Crippen LogP contribution in [-0.4, -0.2) is 41.9 Å². The van der Waals surface area contributed by atoms with Crippen LogP contribution in [0.1, 0.15) is 44.6 Å². The van der Waals surface area contributed by atoms with E-state index in [-0.39, 0.29) is 0 Å². The summed E-state index contributed by atoms with van der Waals surface area (Å²) >= 11 is 0. The molecule has 0 aromatic heterocycles. The van der Waals surface area contributed by atoms with E-state index >= 15 is 0 Å². The van der Waals surface area contributed by atoms with Crippen molar-refractivity contribution in [2.45, 2.75) is 45.6 Å². The van der Waals surface area contributed by atoms with Crippen LogP contribution in [0.5, 0.6) is 0 Å². The van der Waals surface area contributed by atoms with Crippen molar-refractivity contribution in [3.63, 3.8) is 0 Å². The highest BCUT2D eigenvalue weighted by atomic mass is 16.2. The van der Waals surface area contributed by atoms with Crippen molar-refractivity contribution >= 4 is 5.91 Å². The standard InChI is InChI=1S/C18H28N2O/c1-2-3-5-11-18(21)20-13-8-12-19(14-15-20)16-17-9-6-4-7-10-17/h4,6-7,9-10H,2-3,5,8,11-16H2,1H3. The summed E-state index contributed by atoms with van der Waals surface area (Å²) in [6.45, 7) is 7.08. The molecule has 1 aromatic carbocycles. The number of rotatable bonds is 6. The lowest BCUT2D eigenvalue weighted by Gasteiger charge is -2.22. The van der Waals surface area contributed by atoms with Gasteiger partial charge in [0.05, 0.1) is 0 Å². The van der Waals surface area contributed by atoms with Gasteiger partial charge in [-0.05, 0) is 18.4 Å². The molecule has 0 N–H and O–H groups in total. The van der Waals surface area contributed by atoms with Crippen LogP contribution in [-0.2, 0) is 11.3 Å². The summed E-state index contributed by atoms with van der Waals surface area (Å²) in [6.07, 6.45) is 5.20. The predicted octanol–water partition coefficient (Wildman–Crippen LogP) is 3.30. The Morgan fingerprint density at radius 1 is 1.05 bits per heavy atom. The lowest BCUT2D eigenvalue weighted by atomic mass is 10.2. The predicted molar refractivity (Wildman–Crippen MR) is 87.1 cm³/mol. The molecule has 21 heavy (non-hydrogen) atoms. The Morgan fingerprint density at radius 2 is 1.86 bits per heavy atom. The molecule has 0 aliphatic carbocycles. The number of nitrogens with zero attached hydrogens (tertiary/aromatic N) is 2. The molecule has 1 heterocycles. The molecular formula is C18H28N2O. The Hall–Kier alpha value is -1.35. The normalized spacial score (nSPS) is 16.7. The highest BCUT2D eigenvalue weighted by Crippen LogP contribution is 2.11. The van der Waals surface area contributed by atoms with E-state index in [2.05, 4.69) is 47.1 Å². The quantitative estimate of drug-likeness (QED) is 0.750. The number of carbonyl (C=O) groups is 1. The van der Waals surface area contributed by atoms with Gasteiger partial charge >= 0.3 is 0 Å². The van der Waals surface area contributed by atoms with Gasteiger partial charge in [-0.1, -0.05) is 50.1 Å². The molecule has 3 nitrogen and oxygen atoms in total. The number of carbonyl (C=O) groups excluding carboxylic acids is 1. The van der Waals surface area contributed by atoms with E-state index in [1.165, 1.54) is 18.4 Å². The zero-order valence-electron chi connectivity index (χ0n) is 13.3. The fraction of sp³-hybridized carbons (Fsp3) is 0.611. The molecule has 2 rings (SSSR count). The molecule has 1 aromatic rings. The van der Waals surface area contributed by atoms with Gasteiger partial charge < -0.3 is 4.90 Å². The smallest absolute Gasteiger partial charge is 0.222 e. The molecule has 0 spiro atoms. The summed E-state index contributed by atoms with van der Waals surface area (Å²) in [5.41, 5.74) is 1.36. The molecule has 0 atom stereocenters. The third kappa shape index (κ3) is 5.50. The number of amides is 1. The third-order valence-electron chi connectivity index (χ3n) is 4.18. The maximum absolute atomic E-state index is 12.2. The van der Waals surface area contributed by atoms with Crippen LogP contribution in [0.15, 0.2) is 30.3 Å². The SMILES string of the molecule is CCCCCC(=O)N1CCCN(Cc2ccccc2)CC1. The van der Waals surface area contributed by atoms with E-state index in [1.54, 1.807) is 0 Å². The summed E-state index contributed by atoms with van der Waals surface area (Å²) in [7, 11) is 0. The number of benzene rings is 1. The Bertz CT molecular complexity index is 418. The number of unbranched alkanes of at least 4 members (excludes halogenated alkanes) is 2. The van der Waals surface area contributed by atoms with Gasteiger partial charge in [0, 0.05) is 39.1 Å². The molecule has 1 saturated heterocycles. The molecule has 0 unspecified atom stereocenters. The van der Waals surface area contributed by atoms with Crippen molar-refractivity contribution in [1.82, 2.24) is 9.80 Å². The molecule has 1 fully saturated rings. The van der Waals surface area contributed by atoms with Crippen LogP contribution in [0.4, 0.5) is 0 Å². The van der Waals surface area contributed by atoms with Gasteiger partial charge in [-0.25, -0.2) is 0 Å². The van der Waals surface area contributed by atoms with Crippen LogP contribution >= 0.6 is 0 Å². The van der Waals surface area contributed by atoms with Crippen molar-refractivity contribution in [2.24, 2.45) is 0 Å². The zero-order valence-corrected chi connectivity index (χ0v) is 13.3. The van der Waals surface area contributed by atoms with E-state index in [9.17, 15) is 4.79 Å². The molecule has 1 aliphatic rings. The lowest BCUT2D eigenvalue weighted by Crippen LogP contribution is -2.34. The van der Waals surface area contributed by atoms with Gasteiger partial charge in [0.25, 0.3) is 0 Å². The van der Waals surface area contributed by atoms with Gasteiger partial charge in [0.2, 0.25) is 5.91 Å². The van der Waals surface area contributed by atoms with Gasteiger partial charge in [0.1, 0.15) is 0 Å². The highest BCUT2D eigenvalue weighted by molar-refractivity contribution is 5.76. The first kappa shape index (κ1) is 16.0. The Balaban J connectivity index is 1.77. The number of hydrogen-bond donors (Lipinski definition) is 0. The monoisotopic (exact) mass is 288 g/mol. The molecule has 116 valence electrons. The van der Waals surface area contributed by atoms with Gasteiger partial charge in [-0.2, -0.15) is 0 Å². The van der Waals surface area contributed by atoms with Gasteiger partial charge in [-0.15, -0.1) is 0 Å².